The Morgan fingerprint density at radius 2 is 2.12 bits per heavy atom. The summed E-state index contributed by atoms with van der Waals surface area (Å²) in [5, 5.41) is 19.8. The zero-order valence-electron chi connectivity index (χ0n) is 14.2. The van der Waals surface area contributed by atoms with Crippen LogP contribution in [0.4, 0.5) is 5.69 Å². The van der Waals surface area contributed by atoms with E-state index in [2.05, 4.69) is 20.8 Å². The first-order chi connectivity index (χ1) is 12.3. The Hall–Kier alpha value is -1.98. The number of aromatic nitrogens is 4. The van der Waals surface area contributed by atoms with Crippen LogP contribution in [0.1, 0.15) is 38.6 Å². The van der Waals surface area contributed by atoms with Crippen molar-refractivity contribution >= 4 is 33.4 Å². The van der Waals surface area contributed by atoms with Crippen molar-refractivity contribution in [3.63, 3.8) is 0 Å². The number of thioether (sulfide) groups is 1. The summed E-state index contributed by atoms with van der Waals surface area (Å²) in [5.41, 5.74) is 0.365. The summed E-state index contributed by atoms with van der Waals surface area (Å²) >= 11 is 1.27. The molecule has 0 aliphatic heterocycles. The smallest absolute Gasteiger partial charge is 0.238 e. The molecule has 0 saturated heterocycles. The lowest BCUT2D eigenvalue weighted by Gasteiger charge is -2.14. The maximum absolute atomic E-state index is 12.4. The van der Waals surface area contributed by atoms with Crippen LogP contribution in [0, 0.1) is 0 Å². The van der Waals surface area contributed by atoms with E-state index in [1.165, 1.54) is 30.0 Å². The van der Waals surface area contributed by atoms with Gasteiger partial charge in [-0.1, -0.05) is 30.7 Å². The van der Waals surface area contributed by atoms with Crippen molar-refractivity contribution in [2.24, 2.45) is 5.14 Å². The Bertz CT molecular complexity index is 892. The number of sulfonamides is 1. The minimum Gasteiger partial charge on any atom is -0.325 e. The molecule has 1 aromatic heterocycles. The summed E-state index contributed by atoms with van der Waals surface area (Å²) in [4.78, 5) is 12.4. The van der Waals surface area contributed by atoms with E-state index in [9.17, 15) is 13.2 Å². The fourth-order valence-corrected chi connectivity index (χ4v) is 4.27. The molecule has 1 fully saturated rings. The van der Waals surface area contributed by atoms with Gasteiger partial charge in [0.25, 0.3) is 0 Å². The molecule has 0 spiro atoms. The van der Waals surface area contributed by atoms with E-state index >= 15 is 0 Å². The number of amides is 1. The molecular formula is C15H20N6O3S2. The first-order valence-corrected chi connectivity index (χ1v) is 10.7. The maximum Gasteiger partial charge on any atom is 0.238 e. The molecule has 2 aromatic rings. The van der Waals surface area contributed by atoms with Gasteiger partial charge in [-0.2, -0.15) is 0 Å². The van der Waals surface area contributed by atoms with Gasteiger partial charge in [-0.15, -0.1) is 5.10 Å². The first-order valence-electron chi connectivity index (χ1n) is 8.23. The van der Waals surface area contributed by atoms with Crippen LogP contribution >= 0.6 is 11.8 Å². The lowest BCUT2D eigenvalue weighted by Crippen LogP contribution is -2.23. The van der Waals surface area contributed by atoms with Gasteiger partial charge in [-0.25, -0.2) is 18.2 Å². The molecule has 3 N–H and O–H groups in total. The fraction of sp³-hybridized carbons (Fsp3) is 0.467. The Kier molecular flexibility index (Phi) is 5.58. The Morgan fingerprint density at radius 3 is 2.81 bits per heavy atom. The topological polar surface area (TPSA) is 133 Å². The minimum absolute atomic E-state index is 0.0548. The predicted octanol–water partition coefficient (Wildman–Crippen LogP) is 1.55. The van der Waals surface area contributed by atoms with Gasteiger partial charge in [-0.3, -0.25) is 4.79 Å². The van der Waals surface area contributed by atoms with Crippen molar-refractivity contribution in [2.75, 3.05) is 5.32 Å². The van der Waals surface area contributed by atoms with Crippen LogP contribution in [0.3, 0.4) is 0 Å². The van der Waals surface area contributed by atoms with Crippen LogP contribution in [0.5, 0.6) is 0 Å². The summed E-state index contributed by atoms with van der Waals surface area (Å²) in [6.07, 6.45) is 4.40. The van der Waals surface area contributed by atoms with Gasteiger partial charge in [0.2, 0.25) is 21.1 Å². The number of rotatable bonds is 6. The Morgan fingerprint density at radius 1 is 1.38 bits per heavy atom. The maximum atomic E-state index is 12.4. The molecule has 1 atom stereocenters. The van der Waals surface area contributed by atoms with Gasteiger partial charge in [-0.05, 0) is 48.4 Å². The molecule has 1 unspecified atom stereocenters. The lowest BCUT2D eigenvalue weighted by molar-refractivity contribution is -0.115. The van der Waals surface area contributed by atoms with Crippen LogP contribution in [-0.2, 0) is 14.8 Å². The summed E-state index contributed by atoms with van der Waals surface area (Å²) in [7, 11) is -3.82. The van der Waals surface area contributed by atoms with Crippen molar-refractivity contribution in [3.8, 4) is 0 Å². The largest absolute Gasteiger partial charge is 0.325 e. The number of hydrogen-bond donors (Lipinski definition) is 2. The van der Waals surface area contributed by atoms with Gasteiger partial charge in [0.1, 0.15) is 0 Å². The SMILES string of the molecule is CC(Sc1nnnn1C1CCCC1)C(=O)Nc1cccc(S(N)(=O)=O)c1. The number of nitrogens with two attached hydrogens (primary N) is 1. The van der Waals surface area contributed by atoms with E-state index in [-0.39, 0.29) is 16.8 Å². The quantitative estimate of drug-likeness (QED) is 0.708. The predicted molar refractivity (Wildman–Crippen MR) is 97.1 cm³/mol. The molecule has 1 heterocycles. The highest BCUT2D eigenvalue weighted by molar-refractivity contribution is 8.00. The van der Waals surface area contributed by atoms with Crippen molar-refractivity contribution in [1.29, 1.82) is 0 Å². The molecule has 1 aromatic carbocycles. The molecule has 1 amide bonds. The third-order valence-corrected chi connectivity index (χ3v) is 6.17. The van der Waals surface area contributed by atoms with E-state index in [1.807, 2.05) is 0 Å². The highest BCUT2D eigenvalue weighted by Crippen LogP contribution is 2.32. The third kappa shape index (κ3) is 4.40. The zero-order chi connectivity index (χ0) is 18.7. The number of tetrazole rings is 1. The van der Waals surface area contributed by atoms with E-state index in [0.29, 0.717) is 10.8 Å². The number of primary sulfonamides is 1. The fourth-order valence-electron chi connectivity index (χ4n) is 2.85. The number of carbonyl (C=O) groups is 1. The second kappa shape index (κ2) is 7.72. The number of carbonyl (C=O) groups excluding carboxylic acids is 1. The average molecular weight is 396 g/mol. The van der Waals surface area contributed by atoms with Crippen LogP contribution in [0.2, 0.25) is 0 Å². The molecular weight excluding hydrogens is 376 g/mol. The number of nitrogens with one attached hydrogen (secondary N) is 1. The van der Waals surface area contributed by atoms with Gasteiger partial charge < -0.3 is 5.32 Å². The highest BCUT2D eigenvalue weighted by atomic mass is 32.2. The summed E-state index contributed by atoms with van der Waals surface area (Å²) in [5.74, 6) is -0.275. The van der Waals surface area contributed by atoms with Crippen molar-refractivity contribution in [3.05, 3.63) is 24.3 Å². The molecule has 3 rings (SSSR count). The second-order valence-corrected chi connectivity index (χ2v) is 9.04. The van der Waals surface area contributed by atoms with Crippen molar-refractivity contribution in [1.82, 2.24) is 20.2 Å². The molecule has 1 aliphatic rings. The minimum atomic E-state index is -3.82. The lowest BCUT2D eigenvalue weighted by atomic mass is 10.3. The molecule has 1 aliphatic carbocycles. The number of benzene rings is 1. The summed E-state index contributed by atoms with van der Waals surface area (Å²) in [6.45, 7) is 1.75. The van der Waals surface area contributed by atoms with Crippen LogP contribution in [0.15, 0.2) is 34.3 Å². The third-order valence-electron chi connectivity index (χ3n) is 4.21. The van der Waals surface area contributed by atoms with E-state index in [0.717, 1.165) is 25.7 Å². The van der Waals surface area contributed by atoms with Gasteiger partial charge in [0.15, 0.2) is 0 Å². The number of nitrogens with zero attached hydrogens (tertiary/aromatic N) is 4. The molecule has 9 nitrogen and oxygen atoms in total. The molecule has 11 heteroatoms. The first kappa shape index (κ1) is 18.8. The standard InChI is InChI=1S/C15H20N6O3S2/c1-10(25-15-18-19-20-21(15)12-6-2-3-7-12)14(22)17-11-5-4-8-13(9-11)26(16,23)24/h4-5,8-10,12H,2-3,6-7H2,1H3,(H,17,22)(H2,16,23,24). The Labute approximate surface area is 155 Å². The van der Waals surface area contributed by atoms with Crippen molar-refractivity contribution in [2.45, 2.75) is 54.0 Å². The second-order valence-electron chi connectivity index (χ2n) is 6.17. The number of anilines is 1. The Balaban J connectivity index is 1.67. The monoisotopic (exact) mass is 396 g/mol. The summed E-state index contributed by atoms with van der Waals surface area (Å²) < 4.78 is 24.6. The zero-order valence-corrected chi connectivity index (χ0v) is 15.8. The molecule has 140 valence electrons. The van der Waals surface area contributed by atoms with E-state index in [1.54, 1.807) is 17.7 Å². The van der Waals surface area contributed by atoms with Crippen LogP contribution < -0.4 is 10.5 Å². The normalized spacial score (nSPS) is 16.5. The summed E-state index contributed by atoms with van der Waals surface area (Å²) in [6, 6.07) is 6.11. The highest BCUT2D eigenvalue weighted by Gasteiger charge is 2.24. The molecule has 1 saturated carbocycles. The average Bonchev–Trinajstić information content (AvgIpc) is 3.25. The van der Waals surface area contributed by atoms with Crippen LogP contribution in [0.25, 0.3) is 0 Å². The molecule has 0 radical (unpaired) electrons. The number of hydrogen-bond acceptors (Lipinski definition) is 7. The van der Waals surface area contributed by atoms with E-state index < -0.39 is 15.3 Å². The van der Waals surface area contributed by atoms with E-state index in [4.69, 9.17) is 5.14 Å². The van der Waals surface area contributed by atoms with Crippen LogP contribution in [-0.4, -0.2) is 39.8 Å². The van der Waals surface area contributed by atoms with Crippen molar-refractivity contribution < 1.29 is 13.2 Å². The van der Waals surface area contributed by atoms with Gasteiger partial charge >= 0.3 is 0 Å². The van der Waals surface area contributed by atoms with Gasteiger partial charge in [0.05, 0.1) is 16.2 Å². The molecule has 0 bridgehead atoms. The van der Waals surface area contributed by atoms with Gasteiger partial charge in [0, 0.05) is 5.69 Å². The molecule has 26 heavy (non-hydrogen) atoms.